The van der Waals surface area contributed by atoms with Crippen molar-refractivity contribution in [3.8, 4) is 5.75 Å². The molecule has 0 unspecified atom stereocenters. The van der Waals surface area contributed by atoms with Crippen molar-refractivity contribution in [2.45, 2.75) is 26.8 Å². The number of ether oxygens (including phenoxy) is 3. The summed E-state index contributed by atoms with van der Waals surface area (Å²) in [7, 11) is 4.37. The molecule has 9 heteroatoms. The molecule has 0 atom stereocenters. The Morgan fingerprint density at radius 1 is 1.14 bits per heavy atom. The van der Waals surface area contributed by atoms with Crippen LogP contribution in [0.5, 0.6) is 5.75 Å². The number of carbonyl (C=O) groups is 2. The molecule has 1 aromatic carbocycles. The summed E-state index contributed by atoms with van der Waals surface area (Å²) in [5.74, 6) is -0.173. The van der Waals surface area contributed by atoms with Gasteiger partial charge in [-0.05, 0) is 44.0 Å². The lowest BCUT2D eigenvalue weighted by molar-refractivity contribution is -0.119. The molecular formula is C26H32N4O5. The van der Waals surface area contributed by atoms with Crippen molar-refractivity contribution < 1.29 is 23.8 Å². The Morgan fingerprint density at radius 3 is 2.51 bits per heavy atom. The third-order valence-corrected chi connectivity index (χ3v) is 5.66. The van der Waals surface area contributed by atoms with Crippen molar-refractivity contribution >= 4 is 34.3 Å². The number of fused-ring (bicyclic) bond motifs is 1. The molecular weight excluding hydrogens is 448 g/mol. The quantitative estimate of drug-likeness (QED) is 0.315. The standard InChI is InChI=1S/C26H32N4O5/c1-6-17(2)14-27-19-13-21-23(29-22(31)16-33-3)24(26(32)35-5)30(25(21)28-15-19)12-11-18-7-9-20(34-4)10-8-18/h6-10,13,15,27H,11-12,14,16H2,1-5H3,(H,29,31)/b17-6+. The zero-order valence-electron chi connectivity index (χ0n) is 20.8. The Labute approximate surface area is 205 Å². The van der Waals surface area contributed by atoms with Gasteiger partial charge in [0.25, 0.3) is 0 Å². The van der Waals surface area contributed by atoms with Crippen LogP contribution in [0, 0.1) is 0 Å². The van der Waals surface area contributed by atoms with Crippen LogP contribution >= 0.6 is 0 Å². The molecule has 2 N–H and O–H groups in total. The Kier molecular flexibility index (Phi) is 8.86. The largest absolute Gasteiger partial charge is 0.497 e. The number of rotatable bonds is 11. The number of aromatic nitrogens is 2. The highest BCUT2D eigenvalue weighted by molar-refractivity contribution is 6.11. The van der Waals surface area contributed by atoms with Crippen LogP contribution in [-0.2, 0) is 27.2 Å². The molecule has 9 nitrogen and oxygen atoms in total. The first-order valence-corrected chi connectivity index (χ1v) is 11.3. The molecule has 0 saturated carbocycles. The second-order valence-electron chi connectivity index (χ2n) is 8.03. The molecule has 0 radical (unpaired) electrons. The van der Waals surface area contributed by atoms with Crippen LogP contribution in [0.2, 0.25) is 0 Å². The molecule has 0 spiro atoms. The maximum atomic E-state index is 12.9. The van der Waals surface area contributed by atoms with Gasteiger partial charge in [0.2, 0.25) is 5.91 Å². The number of nitrogens with one attached hydrogen (secondary N) is 2. The van der Waals surface area contributed by atoms with Crippen molar-refractivity contribution in [3.63, 3.8) is 0 Å². The second-order valence-corrected chi connectivity index (χ2v) is 8.03. The summed E-state index contributed by atoms with van der Waals surface area (Å²) in [5.41, 5.74) is 4.15. The van der Waals surface area contributed by atoms with Gasteiger partial charge in [-0.3, -0.25) is 4.79 Å². The minimum absolute atomic E-state index is 0.148. The summed E-state index contributed by atoms with van der Waals surface area (Å²) in [6.07, 6.45) is 4.38. The molecule has 35 heavy (non-hydrogen) atoms. The van der Waals surface area contributed by atoms with E-state index < -0.39 is 5.97 Å². The minimum Gasteiger partial charge on any atom is -0.497 e. The number of pyridine rings is 1. The van der Waals surface area contributed by atoms with Gasteiger partial charge in [0.05, 0.1) is 31.8 Å². The lowest BCUT2D eigenvalue weighted by atomic mass is 10.1. The van der Waals surface area contributed by atoms with Crippen LogP contribution in [0.25, 0.3) is 11.0 Å². The van der Waals surface area contributed by atoms with Crippen LogP contribution in [0.4, 0.5) is 11.4 Å². The van der Waals surface area contributed by atoms with Gasteiger partial charge in [0.1, 0.15) is 18.0 Å². The van der Waals surface area contributed by atoms with Gasteiger partial charge in [0, 0.05) is 25.6 Å². The normalized spacial score (nSPS) is 11.4. The van der Waals surface area contributed by atoms with Crippen LogP contribution in [0.1, 0.15) is 29.9 Å². The highest BCUT2D eigenvalue weighted by Crippen LogP contribution is 2.33. The number of hydrogen-bond donors (Lipinski definition) is 2. The summed E-state index contributed by atoms with van der Waals surface area (Å²) < 4.78 is 17.1. The first-order chi connectivity index (χ1) is 16.9. The number of allylic oxidation sites excluding steroid dienone is 1. The molecule has 3 aromatic rings. The molecule has 0 aliphatic carbocycles. The minimum atomic E-state index is -0.565. The van der Waals surface area contributed by atoms with Crippen LogP contribution in [0.15, 0.2) is 48.2 Å². The van der Waals surface area contributed by atoms with E-state index in [0.717, 1.165) is 17.0 Å². The van der Waals surface area contributed by atoms with E-state index in [2.05, 4.69) is 15.6 Å². The maximum Gasteiger partial charge on any atom is 0.356 e. The third kappa shape index (κ3) is 6.19. The Hall–Kier alpha value is -3.85. The molecule has 3 rings (SSSR count). The molecule has 186 valence electrons. The van der Waals surface area contributed by atoms with E-state index in [9.17, 15) is 9.59 Å². The van der Waals surface area contributed by atoms with Gasteiger partial charge in [-0.15, -0.1) is 0 Å². The number of aryl methyl sites for hydroxylation is 2. The SMILES string of the molecule is C/C=C(\C)CNc1cnc2c(c1)c(NC(=O)COC)c(C(=O)OC)n2CCc1ccc(OC)cc1. The zero-order chi connectivity index (χ0) is 25.4. The van der Waals surface area contributed by atoms with E-state index in [1.807, 2.05) is 50.3 Å². The zero-order valence-corrected chi connectivity index (χ0v) is 20.8. The second kappa shape index (κ2) is 12.0. The Balaban J connectivity index is 2.07. The van der Waals surface area contributed by atoms with Gasteiger partial charge >= 0.3 is 5.97 Å². The molecule has 2 heterocycles. The molecule has 0 saturated heterocycles. The Morgan fingerprint density at radius 2 is 1.89 bits per heavy atom. The predicted molar refractivity (Wildman–Crippen MR) is 136 cm³/mol. The number of anilines is 2. The highest BCUT2D eigenvalue weighted by Gasteiger charge is 2.26. The fourth-order valence-corrected chi connectivity index (χ4v) is 3.66. The van der Waals surface area contributed by atoms with Gasteiger partial charge in [-0.25, -0.2) is 9.78 Å². The smallest absolute Gasteiger partial charge is 0.356 e. The van der Waals surface area contributed by atoms with Crippen LogP contribution < -0.4 is 15.4 Å². The lowest BCUT2D eigenvalue weighted by Crippen LogP contribution is -2.20. The average molecular weight is 481 g/mol. The summed E-state index contributed by atoms with van der Waals surface area (Å²) in [6.45, 7) is 4.96. The number of carbonyl (C=O) groups excluding carboxylic acids is 2. The monoisotopic (exact) mass is 480 g/mol. The van der Waals surface area contributed by atoms with Crippen molar-refractivity contribution in [1.82, 2.24) is 9.55 Å². The summed E-state index contributed by atoms with van der Waals surface area (Å²) in [4.78, 5) is 30.0. The average Bonchev–Trinajstić information content (AvgIpc) is 3.18. The summed E-state index contributed by atoms with van der Waals surface area (Å²) >= 11 is 0. The number of amides is 1. The van der Waals surface area contributed by atoms with E-state index in [1.165, 1.54) is 19.8 Å². The van der Waals surface area contributed by atoms with Gasteiger partial charge in [-0.2, -0.15) is 0 Å². The molecule has 0 bridgehead atoms. The number of methoxy groups -OCH3 is 3. The van der Waals surface area contributed by atoms with E-state index in [-0.39, 0.29) is 18.2 Å². The lowest BCUT2D eigenvalue weighted by Gasteiger charge is -2.11. The fraction of sp³-hybridized carbons (Fsp3) is 0.346. The molecule has 2 aromatic heterocycles. The number of benzene rings is 1. The van der Waals surface area contributed by atoms with Crippen LogP contribution in [0.3, 0.4) is 0 Å². The highest BCUT2D eigenvalue weighted by atomic mass is 16.5. The number of nitrogens with zero attached hydrogens (tertiary/aromatic N) is 2. The topological polar surface area (TPSA) is 104 Å². The number of hydrogen-bond acceptors (Lipinski definition) is 7. The van der Waals surface area contributed by atoms with Crippen molar-refractivity contribution in [3.05, 3.63) is 59.4 Å². The van der Waals surface area contributed by atoms with E-state index in [4.69, 9.17) is 14.2 Å². The summed E-state index contributed by atoms with van der Waals surface area (Å²) in [6, 6.07) is 9.61. The first-order valence-electron chi connectivity index (χ1n) is 11.3. The van der Waals surface area contributed by atoms with Crippen molar-refractivity contribution in [2.24, 2.45) is 0 Å². The van der Waals surface area contributed by atoms with E-state index in [0.29, 0.717) is 36.2 Å². The predicted octanol–water partition coefficient (Wildman–Crippen LogP) is 4.04. The summed E-state index contributed by atoms with van der Waals surface area (Å²) in [5, 5.41) is 6.79. The van der Waals surface area contributed by atoms with E-state index in [1.54, 1.807) is 17.9 Å². The maximum absolute atomic E-state index is 12.9. The molecule has 0 aliphatic heterocycles. The first kappa shape index (κ1) is 25.8. The van der Waals surface area contributed by atoms with Gasteiger partial charge < -0.3 is 29.4 Å². The molecule has 0 aliphatic rings. The Bertz CT molecular complexity index is 1210. The van der Waals surface area contributed by atoms with Gasteiger partial charge in [0.15, 0.2) is 5.69 Å². The van der Waals surface area contributed by atoms with Crippen molar-refractivity contribution in [2.75, 3.05) is 45.1 Å². The van der Waals surface area contributed by atoms with Crippen molar-refractivity contribution in [1.29, 1.82) is 0 Å². The molecule has 0 fully saturated rings. The molecule has 1 amide bonds. The van der Waals surface area contributed by atoms with E-state index >= 15 is 0 Å². The third-order valence-electron chi connectivity index (χ3n) is 5.66. The fourth-order valence-electron chi connectivity index (χ4n) is 3.66. The van der Waals surface area contributed by atoms with Crippen LogP contribution in [-0.4, -0.2) is 55.9 Å². The van der Waals surface area contributed by atoms with Gasteiger partial charge in [-0.1, -0.05) is 23.8 Å². The number of esters is 1.